The molecule has 8 heteroatoms. The van der Waals surface area contributed by atoms with Crippen molar-refractivity contribution in [1.29, 1.82) is 0 Å². The van der Waals surface area contributed by atoms with Crippen molar-refractivity contribution in [2.45, 2.75) is 24.4 Å². The van der Waals surface area contributed by atoms with Crippen LogP contribution in [0.1, 0.15) is 12.5 Å². The molecule has 2 aromatic heterocycles. The number of benzene rings is 2. The monoisotopic (exact) mass is 384 g/mol. The Morgan fingerprint density at radius 3 is 2.73 bits per heavy atom. The van der Waals surface area contributed by atoms with Gasteiger partial charge < -0.3 is 4.98 Å². The van der Waals surface area contributed by atoms with Gasteiger partial charge in [0.15, 0.2) is 5.16 Å². The summed E-state index contributed by atoms with van der Waals surface area (Å²) in [5.74, 6) is 2.05. The van der Waals surface area contributed by atoms with E-state index < -0.39 is 0 Å². The van der Waals surface area contributed by atoms with Crippen LogP contribution in [0.5, 0.6) is 0 Å². The third-order valence-electron chi connectivity index (χ3n) is 3.97. The summed E-state index contributed by atoms with van der Waals surface area (Å²) >= 11 is 7.84. The lowest BCUT2D eigenvalue weighted by Crippen LogP contribution is -2.04. The minimum absolute atomic E-state index is 0.649. The Hall–Kier alpha value is -2.51. The van der Waals surface area contributed by atoms with E-state index in [4.69, 9.17) is 11.6 Å². The second-order valence-corrected chi connectivity index (χ2v) is 7.01. The average molecular weight is 385 g/mol. The fraction of sp³-hybridized carbons (Fsp3) is 0.167. The molecule has 0 fully saturated rings. The van der Waals surface area contributed by atoms with Crippen molar-refractivity contribution in [3.05, 3.63) is 59.1 Å². The van der Waals surface area contributed by atoms with Gasteiger partial charge in [0, 0.05) is 17.3 Å². The Kier molecular flexibility index (Phi) is 4.81. The molecule has 4 aromatic rings. The van der Waals surface area contributed by atoms with Crippen LogP contribution < -0.4 is 5.32 Å². The third-order valence-corrected chi connectivity index (χ3v) is 5.35. The van der Waals surface area contributed by atoms with Gasteiger partial charge in [-0.15, -0.1) is 10.2 Å². The van der Waals surface area contributed by atoms with Gasteiger partial charge in [0.1, 0.15) is 0 Å². The molecule has 0 aliphatic carbocycles. The second kappa shape index (κ2) is 7.39. The van der Waals surface area contributed by atoms with Crippen molar-refractivity contribution in [2.75, 3.05) is 5.32 Å². The van der Waals surface area contributed by atoms with E-state index in [1.807, 2.05) is 53.1 Å². The number of fused-ring (bicyclic) bond motifs is 1. The van der Waals surface area contributed by atoms with Gasteiger partial charge >= 0.3 is 0 Å². The zero-order chi connectivity index (χ0) is 17.9. The summed E-state index contributed by atoms with van der Waals surface area (Å²) in [4.78, 5) is 7.77. The SMILES string of the molecule is CCn1c(Nc2nc3ccccc3[nH]2)nnc1SCc1ccccc1Cl. The van der Waals surface area contributed by atoms with Crippen molar-refractivity contribution >= 4 is 46.3 Å². The molecule has 0 saturated carbocycles. The van der Waals surface area contributed by atoms with Gasteiger partial charge in [-0.05, 0) is 30.7 Å². The summed E-state index contributed by atoms with van der Waals surface area (Å²) in [6, 6.07) is 15.7. The number of nitrogens with one attached hydrogen (secondary N) is 2. The normalized spacial score (nSPS) is 11.2. The largest absolute Gasteiger partial charge is 0.324 e. The summed E-state index contributed by atoms with van der Waals surface area (Å²) < 4.78 is 2.02. The molecule has 0 radical (unpaired) electrons. The molecule has 6 nitrogen and oxygen atoms in total. The lowest BCUT2D eigenvalue weighted by atomic mass is 10.2. The topological polar surface area (TPSA) is 71.4 Å². The van der Waals surface area contributed by atoms with Gasteiger partial charge in [-0.2, -0.15) is 0 Å². The molecule has 0 amide bonds. The van der Waals surface area contributed by atoms with E-state index in [1.54, 1.807) is 11.8 Å². The first-order valence-corrected chi connectivity index (χ1v) is 9.62. The van der Waals surface area contributed by atoms with Gasteiger partial charge in [-0.3, -0.25) is 9.88 Å². The number of halogens is 1. The van der Waals surface area contributed by atoms with Gasteiger partial charge in [0.2, 0.25) is 11.9 Å². The third kappa shape index (κ3) is 3.40. The average Bonchev–Trinajstić information content (AvgIpc) is 3.24. The van der Waals surface area contributed by atoms with Crippen LogP contribution >= 0.6 is 23.4 Å². The van der Waals surface area contributed by atoms with Crippen LogP contribution in [0.4, 0.5) is 11.9 Å². The quantitative estimate of drug-likeness (QED) is 0.464. The zero-order valence-corrected chi connectivity index (χ0v) is 15.7. The minimum Gasteiger partial charge on any atom is -0.324 e. The molecule has 0 aliphatic heterocycles. The molecular weight excluding hydrogens is 368 g/mol. The standard InChI is InChI=1S/C18H17ClN6S/c1-2-25-17(22-16-20-14-9-5-6-10-15(14)21-16)23-24-18(25)26-11-12-7-3-4-8-13(12)19/h3-10H,2,11H2,1H3,(H2,20,21,22,23). The molecule has 4 rings (SSSR count). The number of para-hydroxylation sites is 2. The Morgan fingerprint density at radius 1 is 1.12 bits per heavy atom. The van der Waals surface area contributed by atoms with Crippen LogP contribution in [0.2, 0.25) is 5.02 Å². The van der Waals surface area contributed by atoms with E-state index in [0.717, 1.165) is 39.1 Å². The Morgan fingerprint density at radius 2 is 1.92 bits per heavy atom. The van der Waals surface area contributed by atoms with E-state index in [9.17, 15) is 0 Å². The van der Waals surface area contributed by atoms with Crippen molar-refractivity contribution in [1.82, 2.24) is 24.7 Å². The Balaban J connectivity index is 1.53. The van der Waals surface area contributed by atoms with E-state index in [-0.39, 0.29) is 0 Å². The molecular formula is C18H17ClN6S. The molecule has 2 heterocycles. The lowest BCUT2D eigenvalue weighted by molar-refractivity contribution is 0.687. The molecule has 0 bridgehead atoms. The molecule has 2 aromatic carbocycles. The van der Waals surface area contributed by atoms with E-state index in [0.29, 0.717) is 11.9 Å². The summed E-state index contributed by atoms with van der Waals surface area (Å²) in [7, 11) is 0. The first-order valence-electron chi connectivity index (χ1n) is 8.26. The number of H-pyrrole nitrogens is 1. The van der Waals surface area contributed by atoms with Crippen LogP contribution in [0.15, 0.2) is 53.7 Å². The highest BCUT2D eigenvalue weighted by molar-refractivity contribution is 7.98. The molecule has 0 saturated heterocycles. The van der Waals surface area contributed by atoms with Crippen LogP contribution in [-0.2, 0) is 12.3 Å². The number of nitrogens with zero attached hydrogens (tertiary/aromatic N) is 4. The second-order valence-electron chi connectivity index (χ2n) is 5.66. The molecule has 0 aliphatic rings. The maximum Gasteiger partial charge on any atom is 0.232 e. The molecule has 2 N–H and O–H groups in total. The predicted octanol–water partition coefficient (Wildman–Crippen LogP) is 4.86. The van der Waals surface area contributed by atoms with Gasteiger partial charge in [-0.25, -0.2) is 4.98 Å². The van der Waals surface area contributed by atoms with Crippen molar-refractivity contribution in [3.63, 3.8) is 0 Å². The van der Waals surface area contributed by atoms with Gasteiger partial charge in [0.05, 0.1) is 11.0 Å². The first kappa shape index (κ1) is 16.9. The molecule has 0 spiro atoms. The number of hydrogen-bond acceptors (Lipinski definition) is 5. The predicted molar refractivity (Wildman–Crippen MR) is 106 cm³/mol. The summed E-state index contributed by atoms with van der Waals surface area (Å²) in [5.41, 5.74) is 2.97. The van der Waals surface area contributed by atoms with Crippen LogP contribution in [0, 0.1) is 0 Å². The number of imidazole rings is 1. The van der Waals surface area contributed by atoms with E-state index >= 15 is 0 Å². The highest BCUT2D eigenvalue weighted by Crippen LogP contribution is 2.27. The van der Waals surface area contributed by atoms with Crippen molar-refractivity contribution in [3.8, 4) is 0 Å². The highest BCUT2D eigenvalue weighted by atomic mass is 35.5. The molecule has 0 atom stereocenters. The zero-order valence-electron chi connectivity index (χ0n) is 14.1. The van der Waals surface area contributed by atoms with Crippen LogP contribution in [0.25, 0.3) is 11.0 Å². The van der Waals surface area contributed by atoms with E-state index in [2.05, 4.69) is 32.4 Å². The van der Waals surface area contributed by atoms with Gasteiger partial charge in [0.25, 0.3) is 0 Å². The number of anilines is 2. The Labute approximate surface area is 160 Å². The summed E-state index contributed by atoms with van der Waals surface area (Å²) in [6.07, 6.45) is 0. The number of hydrogen-bond donors (Lipinski definition) is 2. The first-order chi connectivity index (χ1) is 12.7. The van der Waals surface area contributed by atoms with Crippen molar-refractivity contribution < 1.29 is 0 Å². The molecule has 132 valence electrons. The number of rotatable bonds is 6. The Bertz CT molecular complexity index is 1010. The summed E-state index contributed by atoms with van der Waals surface area (Å²) in [6.45, 7) is 2.81. The van der Waals surface area contributed by atoms with Crippen LogP contribution in [-0.4, -0.2) is 24.7 Å². The van der Waals surface area contributed by atoms with Crippen molar-refractivity contribution in [2.24, 2.45) is 0 Å². The lowest BCUT2D eigenvalue weighted by Gasteiger charge is -2.08. The van der Waals surface area contributed by atoms with Gasteiger partial charge in [-0.1, -0.05) is 53.7 Å². The smallest absolute Gasteiger partial charge is 0.232 e. The molecule has 26 heavy (non-hydrogen) atoms. The maximum absolute atomic E-state index is 6.23. The minimum atomic E-state index is 0.649. The fourth-order valence-corrected chi connectivity index (χ4v) is 3.94. The number of thioether (sulfide) groups is 1. The van der Waals surface area contributed by atoms with Crippen LogP contribution in [0.3, 0.4) is 0 Å². The van der Waals surface area contributed by atoms with E-state index in [1.165, 1.54) is 0 Å². The fourth-order valence-electron chi connectivity index (χ4n) is 2.65. The maximum atomic E-state index is 6.23. The number of aromatic amines is 1. The molecule has 0 unspecified atom stereocenters. The number of aromatic nitrogens is 5. The highest BCUT2D eigenvalue weighted by Gasteiger charge is 2.13. The summed E-state index contributed by atoms with van der Waals surface area (Å²) in [5, 5.41) is 13.4.